The van der Waals surface area contributed by atoms with Crippen molar-refractivity contribution in [2.45, 2.75) is 76.1 Å². The Labute approximate surface area is 267 Å². The molecule has 48 heavy (non-hydrogen) atoms. The van der Waals surface area contributed by atoms with E-state index in [-0.39, 0.29) is 35.5 Å². The van der Waals surface area contributed by atoms with Gasteiger partial charge in [-0.1, -0.05) is 0 Å². The lowest BCUT2D eigenvalue weighted by Crippen LogP contribution is -2.46. The highest BCUT2D eigenvalue weighted by Crippen LogP contribution is 2.23. The number of alkyl halides is 12. The van der Waals surface area contributed by atoms with Gasteiger partial charge in [-0.25, -0.2) is 0 Å². The summed E-state index contributed by atoms with van der Waals surface area (Å²) in [6.07, 6.45) is -23.7. The zero-order valence-corrected chi connectivity index (χ0v) is 25.6. The fraction of sp³-hybridized carbons (Fsp3) is 0.846. The summed E-state index contributed by atoms with van der Waals surface area (Å²) >= 11 is 0. The van der Waals surface area contributed by atoms with Gasteiger partial charge in [-0.2, -0.15) is 52.7 Å². The number of hydrogen-bond donors (Lipinski definition) is 2. The lowest BCUT2D eigenvalue weighted by Gasteiger charge is -2.28. The van der Waals surface area contributed by atoms with Crippen LogP contribution in [-0.4, -0.2) is 144 Å². The summed E-state index contributed by atoms with van der Waals surface area (Å²) in [7, 11) is 0. The molecule has 0 fully saturated rings. The van der Waals surface area contributed by atoms with Gasteiger partial charge in [0, 0.05) is 65.6 Å². The number of aliphatic hydroxyl groups excluding tert-OH is 2. The molecule has 0 spiro atoms. The number of hydrogen-bond acceptors (Lipinski definition) is 6. The van der Waals surface area contributed by atoms with Gasteiger partial charge in [0.05, 0.1) is 0 Å². The molecule has 0 aliphatic heterocycles. The molecule has 0 heterocycles. The average molecular weight is 731 g/mol. The molecule has 0 aromatic heterocycles. The highest BCUT2D eigenvalue weighted by molar-refractivity contribution is 5.83. The number of nitrogens with zero attached hydrogens (tertiary/aromatic N) is 4. The quantitative estimate of drug-likeness (QED) is 0.138. The molecule has 22 heteroatoms. The molecule has 0 radical (unpaired) electrons. The van der Waals surface area contributed by atoms with Crippen LogP contribution in [-0.2, 0) is 19.2 Å². The summed E-state index contributed by atoms with van der Waals surface area (Å²) in [6, 6.07) is 0. The third-order valence-corrected chi connectivity index (χ3v) is 6.61. The van der Waals surface area contributed by atoms with Gasteiger partial charge in [0.25, 0.3) is 0 Å². The topological polar surface area (TPSA) is 122 Å². The van der Waals surface area contributed by atoms with Crippen LogP contribution in [0.15, 0.2) is 0 Å². The van der Waals surface area contributed by atoms with Gasteiger partial charge >= 0.3 is 48.3 Å². The van der Waals surface area contributed by atoms with Crippen LogP contribution in [0.3, 0.4) is 0 Å². The Hall–Kier alpha value is -3.04. The van der Waals surface area contributed by atoms with Gasteiger partial charge in [-0.3, -0.25) is 19.2 Å². The minimum absolute atomic E-state index is 0.0166. The highest BCUT2D eigenvalue weighted by Gasteiger charge is 2.45. The van der Waals surface area contributed by atoms with Gasteiger partial charge in [-0.15, -0.1) is 0 Å². The molecular weight excluding hydrogens is 692 g/mol. The largest absolute Gasteiger partial charge is 0.471 e. The molecule has 0 aromatic carbocycles. The van der Waals surface area contributed by atoms with Crippen LogP contribution in [0.25, 0.3) is 0 Å². The smallest absolute Gasteiger partial charge is 0.396 e. The number of carbonyl (C=O) groups is 4. The van der Waals surface area contributed by atoms with Crippen molar-refractivity contribution in [3.05, 3.63) is 0 Å². The maximum atomic E-state index is 13.2. The van der Waals surface area contributed by atoms with Crippen LogP contribution < -0.4 is 0 Å². The first-order valence-corrected chi connectivity index (χ1v) is 14.6. The van der Waals surface area contributed by atoms with Crippen molar-refractivity contribution >= 4 is 23.6 Å². The monoisotopic (exact) mass is 730 g/mol. The fourth-order valence-electron chi connectivity index (χ4n) is 4.32. The second-order valence-electron chi connectivity index (χ2n) is 10.4. The van der Waals surface area contributed by atoms with Crippen molar-refractivity contribution in [3.63, 3.8) is 0 Å². The number of carbonyl (C=O) groups excluding carboxylic acids is 4. The molecule has 0 saturated heterocycles. The van der Waals surface area contributed by atoms with E-state index in [1.54, 1.807) is 0 Å². The summed E-state index contributed by atoms with van der Waals surface area (Å²) < 4.78 is 157. The number of aliphatic hydroxyl groups is 2. The Bertz CT molecular complexity index is 928. The summed E-state index contributed by atoms with van der Waals surface area (Å²) in [5.41, 5.74) is 0. The maximum Gasteiger partial charge on any atom is 0.471 e. The first-order chi connectivity index (χ1) is 22.0. The molecule has 0 rings (SSSR count). The number of amides is 4. The van der Waals surface area contributed by atoms with Crippen LogP contribution >= 0.6 is 0 Å². The molecular formula is C26H38F12N4O6. The SMILES string of the molecule is O=C(N(CCCCO)CCCN(CCCCN(CCCN(CCCCO)C(=O)C(F)(F)F)C(=O)C(F)(F)F)C(=O)C(F)(F)F)C(F)(F)F. The van der Waals surface area contributed by atoms with E-state index in [2.05, 4.69) is 0 Å². The third-order valence-electron chi connectivity index (χ3n) is 6.61. The van der Waals surface area contributed by atoms with Crippen LogP contribution in [0.1, 0.15) is 51.4 Å². The highest BCUT2D eigenvalue weighted by atomic mass is 19.4. The normalized spacial score (nSPS) is 12.5. The van der Waals surface area contributed by atoms with Gasteiger partial charge in [-0.05, 0) is 51.4 Å². The summed E-state index contributed by atoms with van der Waals surface area (Å²) in [5.74, 6) is -9.43. The average Bonchev–Trinajstić information content (AvgIpc) is 2.96. The number of rotatable bonds is 21. The summed E-state index contributed by atoms with van der Waals surface area (Å²) in [4.78, 5) is 48.1. The number of unbranched alkanes of at least 4 members (excludes halogenated alkanes) is 3. The van der Waals surface area contributed by atoms with Gasteiger partial charge < -0.3 is 29.8 Å². The van der Waals surface area contributed by atoms with E-state index in [0.29, 0.717) is 9.80 Å². The first kappa shape index (κ1) is 45.0. The Morgan fingerprint density at radius 1 is 0.333 bits per heavy atom. The predicted octanol–water partition coefficient (Wildman–Crippen LogP) is 3.66. The zero-order chi connectivity index (χ0) is 37.3. The Balaban J connectivity index is 5.51. The molecule has 282 valence electrons. The third kappa shape index (κ3) is 17.4. The molecule has 2 N–H and O–H groups in total. The van der Waals surface area contributed by atoms with Crippen LogP contribution in [0.4, 0.5) is 52.7 Å². The van der Waals surface area contributed by atoms with Crippen LogP contribution in [0.2, 0.25) is 0 Å². The van der Waals surface area contributed by atoms with E-state index in [1.165, 1.54) is 0 Å². The standard InChI is InChI=1S/C26H38F12N4O6/c27-23(28,29)19(45)39(13-7-15-41(11-3-5-17-43)21(47)25(33,34)35)9-1-2-10-40(20(46)24(30,31)32)14-8-16-42(12-4-6-18-44)22(48)26(36,37)38/h43-44H,1-18H2. The van der Waals surface area contributed by atoms with E-state index in [1.807, 2.05) is 0 Å². The Morgan fingerprint density at radius 3 is 0.667 bits per heavy atom. The minimum atomic E-state index is -5.45. The molecule has 0 bridgehead atoms. The van der Waals surface area contributed by atoms with Crippen LogP contribution in [0, 0.1) is 0 Å². The zero-order valence-electron chi connectivity index (χ0n) is 25.6. The maximum absolute atomic E-state index is 13.2. The van der Waals surface area contributed by atoms with Gasteiger partial charge in [0.2, 0.25) is 0 Å². The van der Waals surface area contributed by atoms with E-state index >= 15 is 0 Å². The van der Waals surface area contributed by atoms with E-state index in [9.17, 15) is 71.9 Å². The lowest BCUT2D eigenvalue weighted by molar-refractivity contribution is -0.187. The number of halogens is 12. The van der Waals surface area contributed by atoms with Gasteiger partial charge in [0.15, 0.2) is 0 Å². The van der Waals surface area contributed by atoms with E-state index < -0.39 is 140 Å². The summed E-state index contributed by atoms with van der Waals surface area (Å²) in [5, 5.41) is 17.6. The van der Waals surface area contributed by atoms with E-state index in [4.69, 9.17) is 10.2 Å². The van der Waals surface area contributed by atoms with Crippen molar-refractivity contribution in [2.75, 3.05) is 65.6 Å². The second kappa shape index (κ2) is 20.5. The van der Waals surface area contributed by atoms with Crippen molar-refractivity contribution in [1.29, 1.82) is 0 Å². The molecule has 0 aliphatic rings. The molecule has 0 saturated carbocycles. The molecule has 0 aliphatic carbocycles. The Morgan fingerprint density at radius 2 is 0.500 bits per heavy atom. The van der Waals surface area contributed by atoms with Crippen molar-refractivity contribution < 1.29 is 82.1 Å². The molecule has 0 unspecified atom stereocenters. The van der Waals surface area contributed by atoms with Crippen molar-refractivity contribution in [2.24, 2.45) is 0 Å². The summed E-state index contributed by atoms with van der Waals surface area (Å²) in [6.45, 7) is -6.45. The predicted molar refractivity (Wildman–Crippen MR) is 142 cm³/mol. The lowest BCUT2D eigenvalue weighted by atomic mass is 10.2. The minimum Gasteiger partial charge on any atom is -0.396 e. The van der Waals surface area contributed by atoms with E-state index in [0.717, 1.165) is 0 Å². The Kier molecular flexibility index (Phi) is 19.2. The van der Waals surface area contributed by atoms with Crippen molar-refractivity contribution in [3.8, 4) is 0 Å². The molecule has 4 amide bonds. The van der Waals surface area contributed by atoms with Crippen molar-refractivity contribution in [1.82, 2.24) is 19.6 Å². The molecule has 0 aromatic rings. The van der Waals surface area contributed by atoms with Crippen LogP contribution in [0.5, 0.6) is 0 Å². The molecule has 0 atom stereocenters. The van der Waals surface area contributed by atoms with Gasteiger partial charge in [0.1, 0.15) is 0 Å². The fourth-order valence-corrected chi connectivity index (χ4v) is 4.32. The molecule has 10 nitrogen and oxygen atoms in total. The first-order valence-electron chi connectivity index (χ1n) is 14.6. The second-order valence-corrected chi connectivity index (χ2v) is 10.4.